The summed E-state index contributed by atoms with van der Waals surface area (Å²) in [5.41, 5.74) is 1.35. The van der Waals surface area contributed by atoms with Gasteiger partial charge in [0.2, 0.25) is 0 Å². The molecular weight excluding hydrogens is 281 g/mol. The number of benzene rings is 1. The lowest BCUT2D eigenvalue weighted by molar-refractivity contribution is 0.606. The van der Waals surface area contributed by atoms with Gasteiger partial charge in [-0.1, -0.05) is 26.7 Å². The molecule has 0 fully saturated rings. The van der Waals surface area contributed by atoms with Gasteiger partial charge in [-0.15, -0.1) is 0 Å². The molecule has 0 aliphatic carbocycles. The number of hydrogen-bond donors (Lipinski definition) is 1. The van der Waals surface area contributed by atoms with Crippen LogP contribution < -0.4 is 5.69 Å². The Bertz CT molecular complexity index is 744. The molecule has 1 aromatic carbocycles. The first-order valence-electron chi connectivity index (χ1n) is 7.37. The number of aromatic nitrogens is 2. The van der Waals surface area contributed by atoms with Gasteiger partial charge in [0.15, 0.2) is 0 Å². The summed E-state index contributed by atoms with van der Waals surface area (Å²) in [5, 5.41) is 9.49. The zero-order valence-corrected chi connectivity index (χ0v) is 12.7. The lowest BCUT2D eigenvalue weighted by Gasteiger charge is -2.14. The SMILES string of the molecule is CCCCC(C)c1[nH]c(=O)nc(-c2ccc(F)cc2)c1C#N. The fourth-order valence-corrected chi connectivity index (χ4v) is 2.44. The highest BCUT2D eigenvalue weighted by Crippen LogP contribution is 2.28. The van der Waals surface area contributed by atoms with Gasteiger partial charge < -0.3 is 4.98 Å². The second-order valence-electron chi connectivity index (χ2n) is 5.34. The smallest absolute Gasteiger partial charge is 0.308 e. The Balaban J connectivity index is 2.55. The highest BCUT2D eigenvalue weighted by atomic mass is 19.1. The van der Waals surface area contributed by atoms with Gasteiger partial charge in [-0.2, -0.15) is 10.2 Å². The van der Waals surface area contributed by atoms with E-state index in [0.717, 1.165) is 19.3 Å². The number of H-pyrrole nitrogens is 1. The van der Waals surface area contributed by atoms with E-state index in [1.54, 1.807) is 0 Å². The van der Waals surface area contributed by atoms with Gasteiger partial charge >= 0.3 is 5.69 Å². The molecule has 0 saturated carbocycles. The predicted molar refractivity (Wildman–Crippen MR) is 82.9 cm³/mol. The number of nitrogens with one attached hydrogen (secondary N) is 1. The average Bonchev–Trinajstić information content (AvgIpc) is 2.52. The molecule has 22 heavy (non-hydrogen) atoms. The highest BCUT2D eigenvalue weighted by molar-refractivity contribution is 5.67. The first-order chi connectivity index (χ1) is 10.6. The maximum atomic E-state index is 13.1. The number of hydrogen-bond acceptors (Lipinski definition) is 3. The summed E-state index contributed by atoms with van der Waals surface area (Å²) in [4.78, 5) is 18.5. The number of unbranched alkanes of at least 4 members (excludes halogenated alkanes) is 1. The predicted octanol–water partition coefficient (Wildman–Crippen LogP) is 3.74. The quantitative estimate of drug-likeness (QED) is 0.914. The molecule has 0 aliphatic rings. The lowest BCUT2D eigenvalue weighted by Crippen LogP contribution is -2.18. The Kier molecular flexibility index (Phi) is 5.05. The maximum absolute atomic E-state index is 13.1. The van der Waals surface area contributed by atoms with E-state index in [0.29, 0.717) is 22.5 Å². The Morgan fingerprint density at radius 1 is 1.36 bits per heavy atom. The van der Waals surface area contributed by atoms with Crippen LogP contribution in [0.5, 0.6) is 0 Å². The minimum atomic E-state index is -0.489. The first kappa shape index (κ1) is 15.9. The van der Waals surface area contributed by atoms with Crippen LogP contribution in [0.4, 0.5) is 4.39 Å². The number of nitriles is 1. The maximum Gasteiger partial charge on any atom is 0.345 e. The van der Waals surface area contributed by atoms with Crippen molar-refractivity contribution in [2.24, 2.45) is 0 Å². The van der Waals surface area contributed by atoms with E-state index in [9.17, 15) is 14.4 Å². The van der Waals surface area contributed by atoms with Gasteiger partial charge in [-0.3, -0.25) is 0 Å². The largest absolute Gasteiger partial charge is 0.345 e. The molecule has 0 aliphatic heterocycles. The van der Waals surface area contributed by atoms with Crippen molar-refractivity contribution in [2.45, 2.75) is 39.0 Å². The van der Waals surface area contributed by atoms with Crippen molar-refractivity contribution in [3.8, 4) is 17.3 Å². The summed E-state index contributed by atoms with van der Waals surface area (Å²) in [6.07, 6.45) is 2.95. The molecule has 1 heterocycles. The molecule has 0 bridgehead atoms. The van der Waals surface area contributed by atoms with Crippen molar-refractivity contribution in [1.82, 2.24) is 9.97 Å². The van der Waals surface area contributed by atoms with Crippen molar-refractivity contribution in [2.75, 3.05) is 0 Å². The third-order valence-corrected chi connectivity index (χ3v) is 3.67. The van der Waals surface area contributed by atoms with Crippen LogP contribution in [0.15, 0.2) is 29.1 Å². The molecule has 0 amide bonds. The van der Waals surface area contributed by atoms with Gasteiger partial charge in [0.05, 0.1) is 11.3 Å². The molecule has 4 nitrogen and oxygen atoms in total. The van der Waals surface area contributed by atoms with Crippen molar-refractivity contribution in [3.05, 3.63) is 51.8 Å². The normalized spacial score (nSPS) is 11.9. The minimum absolute atomic E-state index is 0.0597. The van der Waals surface area contributed by atoms with E-state index in [-0.39, 0.29) is 11.7 Å². The molecule has 1 aromatic heterocycles. The molecule has 2 aromatic rings. The van der Waals surface area contributed by atoms with Crippen molar-refractivity contribution in [1.29, 1.82) is 5.26 Å². The zero-order chi connectivity index (χ0) is 16.1. The fourth-order valence-electron chi connectivity index (χ4n) is 2.44. The van der Waals surface area contributed by atoms with Crippen LogP contribution in [-0.4, -0.2) is 9.97 Å². The van der Waals surface area contributed by atoms with Crippen LogP contribution in [0.25, 0.3) is 11.3 Å². The van der Waals surface area contributed by atoms with Crippen molar-refractivity contribution in [3.63, 3.8) is 0 Å². The molecule has 0 radical (unpaired) electrons. The zero-order valence-electron chi connectivity index (χ0n) is 12.7. The van der Waals surface area contributed by atoms with E-state index in [1.165, 1.54) is 24.3 Å². The number of halogens is 1. The van der Waals surface area contributed by atoms with Crippen LogP contribution >= 0.6 is 0 Å². The number of nitrogens with zero attached hydrogens (tertiary/aromatic N) is 2. The summed E-state index contributed by atoms with van der Waals surface area (Å²) < 4.78 is 13.1. The van der Waals surface area contributed by atoms with Crippen LogP contribution in [0.3, 0.4) is 0 Å². The Morgan fingerprint density at radius 3 is 2.64 bits per heavy atom. The Hall–Kier alpha value is -2.48. The molecular formula is C17H18FN3O. The molecule has 0 saturated heterocycles. The second kappa shape index (κ2) is 6.99. The van der Waals surface area contributed by atoms with Crippen LogP contribution in [0, 0.1) is 17.1 Å². The molecule has 2 rings (SSSR count). The van der Waals surface area contributed by atoms with Crippen molar-refractivity contribution < 1.29 is 4.39 Å². The van der Waals surface area contributed by atoms with Gasteiger partial charge in [-0.25, -0.2) is 9.18 Å². The molecule has 5 heteroatoms. The van der Waals surface area contributed by atoms with E-state index < -0.39 is 5.69 Å². The summed E-state index contributed by atoms with van der Waals surface area (Å²) in [6.45, 7) is 4.08. The van der Waals surface area contributed by atoms with Gasteiger partial charge in [0.25, 0.3) is 0 Å². The van der Waals surface area contributed by atoms with E-state index in [2.05, 4.69) is 23.0 Å². The molecule has 0 spiro atoms. The van der Waals surface area contributed by atoms with E-state index >= 15 is 0 Å². The number of rotatable bonds is 5. The lowest BCUT2D eigenvalue weighted by atomic mass is 9.94. The van der Waals surface area contributed by atoms with E-state index in [1.807, 2.05) is 6.92 Å². The third kappa shape index (κ3) is 3.40. The first-order valence-corrected chi connectivity index (χ1v) is 7.37. The van der Waals surface area contributed by atoms with Gasteiger partial charge in [0.1, 0.15) is 11.9 Å². The van der Waals surface area contributed by atoms with Crippen molar-refractivity contribution >= 4 is 0 Å². The second-order valence-corrected chi connectivity index (χ2v) is 5.34. The minimum Gasteiger partial charge on any atom is -0.308 e. The van der Waals surface area contributed by atoms with Crippen LogP contribution in [0.2, 0.25) is 0 Å². The fraction of sp³-hybridized carbons (Fsp3) is 0.353. The Morgan fingerprint density at radius 2 is 2.05 bits per heavy atom. The summed E-state index contributed by atoms with van der Waals surface area (Å²) in [5.74, 6) is -0.312. The molecule has 1 atom stereocenters. The monoisotopic (exact) mass is 299 g/mol. The topological polar surface area (TPSA) is 69.5 Å². The molecule has 114 valence electrons. The average molecular weight is 299 g/mol. The third-order valence-electron chi connectivity index (χ3n) is 3.67. The molecule has 1 unspecified atom stereocenters. The van der Waals surface area contributed by atoms with Gasteiger partial charge in [-0.05, 0) is 36.6 Å². The highest BCUT2D eigenvalue weighted by Gasteiger charge is 2.18. The number of aromatic amines is 1. The summed E-state index contributed by atoms with van der Waals surface area (Å²) in [7, 11) is 0. The van der Waals surface area contributed by atoms with Crippen LogP contribution in [-0.2, 0) is 0 Å². The molecule has 1 N–H and O–H groups in total. The summed E-state index contributed by atoms with van der Waals surface area (Å²) in [6, 6.07) is 7.77. The van der Waals surface area contributed by atoms with E-state index in [4.69, 9.17) is 0 Å². The standard InChI is InChI=1S/C17H18FN3O/c1-3-4-5-11(2)15-14(10-19)16(21-17(22)20-15)12-6-8-13(18)9-7-12/h6-9,11H,3-5H2,1-2H3,(H,20,21,22). The Labute approximate surface area is 128 Å². The van der Waals surface area contributed by atoms with Gasteiger partial charge in [0, 0.05) is 11.3 Å². The summed E-state index contributed by atoms with van der Waals surface area (Å²) >= 11 is 0. The van der Waals surface area contributed by atoms with Crippen LogP contribution in [0.1, 0.15) is 50.3 Å².